The Hall–Kier alpha value is -0.183. The van der Waals surface area contributed by atoms with E-state index >= 15 is 4.11 Å². The smallest absolute Gasteiger partial charge is 0.255 e. The Morgan fingerprint density at radius 1 is 1.29 bits per heavy atom. The van der Waals surface area contributed by atoms with Gasteiger partial charge in [0.1, 0.15) is 5.78 Å². The third-order valence-electron chi connectivity index (χ3n) is 4.99. The van der Waals surface area contributed by atoms with Crippen LogP contribution in [0, 0.1) is 5.41 Å². The number of hydrogen-bond donors (Lipinski definition) is 0. The molecule has 1 rings (SSSR count). The van der Waals surface area contributed by atoms with Gasteiger partial charge in [0, 0.05) is 5.41 Å². The highest BCUT2D eigenvalue weighted by molar-refractivity contribution is 6.77. The number of carbonyl (C=O) groups is 1. The molecule has 0 heterocycles. The summed E-state index contributed by atoms with van der Waals surface area (Å²) in [4.78, 5) is 11.7. The molecule has 0 aliphatic heterocycles. The Kier molecular flexibility index (Phi) is 4.23. The summed E-state index contributed by atoms with van der Waals surface area (Å²) >= 11 is 0. The maximum Gasteiger partial charge on any atom is 0.255 e. The summed E-state index contributed by atoms with van der Waals surface area (Å²) in [7, 11) is -2.76. The van der Waals surface area contributed by atoms with Crippen LogP contribution in [0.2, 0.25) is 16.6 Å². The molecule has 0 amide bonds. The lowest BCUT2D eigenvalue weighted by Gasteiger charge is -2.36. The minimum absolute atomic E-state index is 0.154. The molecule has 1 aliphatic carbocycles. The fraction of sp³-hybridized carbons (Fsp3) is 0.929. The van der Waals surface area contributed by atoms with Crippen LogP contribution >= 0.6 is 0 Å². The van der Waals surface area contributed by atoms with E-state index in [1.807, 2.05) is 34.6 Å². The Morgan fingerprint density at radius 3 is 2.06 bits per heavy atom. The van der Waals surface area contributed by atoms with Gasteiger partial charge in [-0.15, -0.1) is 0 Å². The van der Waals surface area contributed by atoms with E-state index in [1.165, 1.54) is 0 Å². The summed E-state index contributed by atoms with van der Waals surface area (Å²) in [6.45, 7) is 11.8. The lowest BCUT2D eigenvalue weighted by molar-refractivity contribution is -0.125. The maximum absolute atomic E-state index is 15.4. The van der Waals surface area contributed by atoms with E-state index in [0.717, 1.165) is 19.3 Å². The average molecular weight is 258 g/mol. The Bertz CT molecular complexity index is 293. The van der Waals surface area contributed by atoms with Crippen molar-refractivity contribution in [2.24, 2.45) is 5.41 Å². The van der Waals surface area contributed by atoms with Gasteiger partial charge in [-0.3, -0.25) is 4.79 Å². The summed E-state index contributed by atoms with van der Waals surface area (Å²) in [5.74, 6) is 0.240. The first-order valence-corrected chi connectivity index (χ1v) is 8.95. The third kappa shape index (κ3) is 2.49. The zero-order valence-corrected chi connectivity index (χ0v) is 13.1. The zero-order valence-electron chi connectivity index (χ0n) is 12.1. The predicted molar refractivity (Wildman–Crippen MR) is 73.4 cm³/mol. The molecule has 17 heavy (non-hydrogen) atoms. The van der Waals surface area contributed by atoms with E-state index in [9.17, 15) is 4.79 Å². The third-order valence-corrected chi connectivity index (χ3v) is 10.3. The molecule has 0 N–H and O–H groups in total. The predicted octanol–water partition coefficient (Wildman–Crippen LogP) is 4.87. The van der Waals surface area contributed by atoms with Gasteiger partial charge in [-0.2, -0.15) is 0 Å². The van der Waals surface area contributed by atoms with Crippen molar-refractivity contribution >= 4 is 14.2 Å². The van der Waals surface area contributed by atoms with Gasteiger partial charge in [0.25, 0.3) is 8.41 Å². The first-order chi connectivity index (χ1) is 7.64. The Labute approximate surface area is 106 Å². The minimum atomic E-state index is -2.76. The van der Waals surface area contributed by atoms with Crippen molar-refractivity contribution in [1.82, 2.24) is 0 Å². The summed E-state index contributed by atoms with van der Waals surface area (Å²) < 4.78 is 15.4. The molecule has 1 aliphatic rings. The fourth-order valence-corrected chi connectivity index (χ4v) is 8.12. The van der Waals surface area contributed by atoms with Gasteiger partial charge < -0.3 is 4.11 Å². The molecule has 0 unspecified atom stereocenters. The highest BCUT2D eigenvalue weighted by Gasteiger charge is 2.54. The van der Waals surface area contributed by atoms with Gasteiger partial charge in [0.2, 0.25) is 0 Å². The lowest BCUT2D eigenvalue weighted by Crippen LogP contribution is -2.41. The average Bonchev–Trinajstić information content (AvgIpc) is 2.60. The van der Waals surface area contributed by atoms with Gasteiger partial charge in [0.05, 0.1) is 0 Å². The number of ketones is 1. The van der Waals surface area contributed by atoms with E-state index in [-0.39, 0.29) is 27.8 Å². The van der Waals surface area contributed by atoms with Gasteiger partial charge in [-0.1, -0.05) is 34.6 Å². The van der Waals surface area contributed by atoms with Crippen LogP contribution in [0.5, 0.6) is 0 Å². The van der Waals surface area contributed by atoms with Crippen molar-refractivity contribution in [3.05, 3.63) is 0 Å². The standard InChI is InChI=1S/C14H27FOSi/c1-10(2)17(15,11(3)4)13-7-8-14(6,9-13)12(5)16/h10-11,13H,7-9H2,1-6H3/t13-,14-/m1/s1. The van der Waals surface area contributed by atoms with Gasteiger partial charge >= 0.3 is 0 Å². The molecule has 0 radical (unpaired) electrons. The summed E-state index contributed by atoms with van der Waals surface area (Å²) in [6.07, 6.45) is 2.57. The monoisotopic (exact) mass is 258 g/mol. The molecule has 0 aromatic heterocycles. The molecule has 0 spiro atoms. The number of carbonyl (C=O) groups excluding carboxylic acids is 1. The highest BCUT2D eigenvalue weighted by atomic mass is 28.4. The molecular formula is C14H27FOSi. The molecule has 100 valence electrons. The molecular weight excluding hydrogens is 231 g/mol. The summed E-state index contributed by atoms with van der Waals surface area (Å²) in [5, 5.41) is 0. The van der Waals surface area contributed by atoms with Crippen molar-refractivity contribution in [2.45, 2.75) is 77.4 Å². The molecule has 1 fully saturated rings. The van der Waals surface area contributed by atoms with E-state index in [1.54, 1.807) is 6.92 Å². The molecule has 0 saturated heterocycles. The van der Waals surface area contributed by atoms with E-state index in [2.05, 4.69) is 0 Å². The van der Waals surface area contributed by atoms with Gasteiger partial charge in [-0.05, 0) is 42.8 Å². The van der Waals surface area contributed by atoms with Crippen LogP contribution in [0.4, 0.5) is 4.11 Å². The number of halogens is 1. The fourth-order valence-electron chi connectivity index (χ4n) is 3.55. The number of hydrogen-bond acceptors (Lipinski definition) is 1. The van der Waals surface area contributed by atoms with Crippen LogP contribution in [-0.4, -0.2) is 14.2 Å². The number of rotatable bonds is 4. The number of Topliss-reactive ketones (excluding diaryl/α,β-unsaturated/α-hetero) is 1. The van der Waals surface area contributed by atoms with Crippen LogP contribution < -0.4 is 0 Å². The molecule has 3 heteroatoms. The summed E-state index contributed by atoms with van der Waals surface area (Å²) in [5.41, 5.74) is 0.235. The lowest BCUT2D eigenvalue weighted by atomic mass is 9.85. The molecule has 0 aromatic carbocycles. The van der Waals surface area contributed by atoms with Crippen molar-refractivity contribution in [3.8, 4) is 0 Å². The highest BCUT2D eigenvalue weighted by Crippen LogP contribution is 2.55. The summed E-state index contributed by atoms with van der Waals surface area (Å²) in [6, 6.07) is 0. The van der Waals surface area contributed by atoms with Crippen molar-refractivity contribution in [3.63, 3.8) is 0 Å². The minimum Gasteiger partial charge on any atom is -0.313 e. The molecule has 2 atom stereocenters. The first kappa shape index (κ1) is 14.9. The first-order valence-electron chi connectivity index (χ1n) is 6.84. The molecule has 1 nitrogen and oxygen atoms in total. The van der Waals surface area contributed by atoms with Gasteiger partial charge in [0.15, 0.2) is 0 Å². The SMILES string of the molecule is CC(=O)[C@]1(C)CC[C@@H]([Si](F)(C(C)C)C(C)C)C1. The van der Waals surface area contributed by atoms with Crippen LogP contribution in [-0.2, 0) is 4.79 Å². The van der Waals surface area contributed by atoms with Crippen molar-refractivity contribution in [1.29, 1.82) is 0 Å². The van der Waals surface area contributed by atoms with E-state index in [0.29, 0.717) is 0 Å². The maximum atomic E-state index is 15.4. The molecule has 1 saturated carbocycles. The van der Waals surface area contributed by atoms with Crippen LogP contribution in [0.1, 0.15) is 60.8 Å². The topological polar surface area (TPSA) is 17.1 Å². The normalized spacial score (nSPS) is 30.3. The van der Waals surface area contributed by atoms with Crippen molar-refractivity contribution in [2.75, 3.05) is 0 Å². The second-order valence-corrected chi connectivity index (χ2v) is 11.5. The van der Waals surface area contributed by atoms with Gasteiger partial charge in [-0.25, -0.2) is 0 Å². The van der Waals surface area contributed by atoms with E-state index in [4.69, 9.17) is 0 Å². The van der Waals surface area contributed by atoms with Crippen LogP contribution in [0.3, 0.4) is 0 Å². The Balaban J connectivity index is 2.92. The van der Waals surface area contributed by atoms with E-state index < -0.39 is 8.41 Å². The molecule has 0 bridgehead atoms. The second kappa shape index (κ2) is 4.83. The van der Waals surface area contributed by atoms with Crippen LogP contribution in [0.25, 0.3) is 0 Å². The molecule has 0 aromatic rings. The zero-order chi connectivity index (χ0) is 13.4. The largest absolute Gasteiger partial charge is 0.313 e. The Morgan fingerprint density at radius 2 is 1.76 bits per heavy atom. The quantitative estimate of drug-likeness (QED) is 0.519. The second-order valence-electron chi connectivity index (χ2n) is 6.69. The van der Waals surface area contributed by atoms with Crippen LogP contribution in [0.15, 0.2) is 0 Å². The van der Waals surface area contributed by atoms with Crippen molar-refractivity contribution < 1.29 is 8.90 Å².